The topological polar surface area (TPSA) is 60.9 Å². The normalized spacial score (nSPS) is 11.2. The van der Waals surface area contributed by atoms with Crippen LogP contribution in [0.25, 0.3) is 39.3 Å². The molecule has 0 fully saturated rings. The van der Waals surface area contributed by atoms with Crippen molar-refractivity contribution in [2.75, 3.05) is 0 Å². The zero-order valence-corrected chi connectivity index (χ0v) is 17.3. The third kappa shape index (κ3) is 3.44. The van der Waals surface area contributed by atoms with Crippen molar-refractivity contribution >= 4 is 26.7 Å². The lowest BCUT2D eigenvalue weighted by Crippen LogP contribution is -2.18. The molecule has 5 aromatic rings. The van der Waals surface area contributed by atoms with Gasteiger partial charge in [0.1, 0.15) is 11.6 Å². The summed E-state index contributed by atoms with van der Waals surface area (Å²) in [5.74, 6) is -0.415. The molecule has 0 unspecified atom stereocenters. The van der Waals surface area contributed by atoms with Gasteiger partial charge in [-0.2, -0.15) is 4.98 Å². The average Bonchev–Trinajstić information content (AvgIpc) is 3.26. The summed E-state index contributed by atoms with van der Waals surface area (Å²) in [6.07, 6.45) is 1.55. The highest BCUT2D eigenvalue weighted by Crippen LogP contribution is 2.29. The molecule has 152 valence electrons. The van der Waals surface area contributed by atoms with Crippen LogP contribution in [0, 0.1) is 11.6 Å². The van der Waals surface area contributed by atoms with Crippen LogP contribution in [-0.4, -0.2) is 14.7 Å². The second-order valence-corrected chi connectivity index (χ2v) is 7.65. The molecular formula is C23H12BrF2N3O2. The molecule has 5 rings (SSSR count). The minimum atomic E-state index is -0.457. The first-order valence-electron chi connectivity index (χ1n) is 9.21. The molecule has 0 N–H and O–H groups in total. The Balaban J connectivity index is 1.72. The van der Waals surface area contributed by atoms with E-state index in [-0.39, 0.29) is 21.7 Å². The number of rotatable bonds is 3. The van der Waals surface area contributed by atoms with Gasteiger partial charge in [-0.05, 0) is 58.4 Å². The Kier molecular flexibility index (Phi) is 4.71. The summed E-state index contributed by atoms with van der Waals surface area (Å²) in [5, 5.41) is 5.05. The zero-order valence-electron chi connectivity index (χ0n) is 15.7. The van der Waals surface area contributed by atoms with Gasteiger partial charge in [-0.3, -0.25) is 9.36 Å². The van der Waals surface area contributed by atoms with E-state index in [0.29, 0.717) is 27.6 Å². The van der Waals surface area contributed by atoms with Crippen molar-refractivity contribution in [3.63, 3.8) is 0 Å². The molecular weight excluding hydrogens is 468 g/mol. The minimum Gasteiger partial charge on any atom is -0.334 e. The van der Waals surface area contributed by atoms with Gasteiger partial charge in [0.2, 0.25) is 5.82 Å². The Morgan fingerprint density at radius 1 is 0.935 bits per heavy atom. The van der Waals surface area contributed by atoms with Crippen molar-refractivity contribution in [2.45, 2.75) is 0 Å². The molecule has 0 bridgehead atoms. The van der Waals surface area contributed by atoms with E-state index >= 15 is 0 Å². The van der Waals surface area contributed by atoms with Crippen LogP contribution in [0.2, 0.25) is 0 Å². The molecule has 2 aromatic heterocycles. The number of hydrogen-bond acceptors (Lipinski definition) is 4. The zero-order chi connectivity index (χ0) is 21.5. The molecule has 0 saturated heterocycles. The summed E-state index contributed by atoms with van der Waals surface area (Å²) in [6, 6.07) is 17.2. The molecule has 31 heavy (non-hydrogen) atoms. The van der Waals surface area contributed by atoms with Crippen molar-refractivity contribution < 1.29 is 13.3 Å². The molecule has 0 amide bonds. The first-order chi connectivity index (χ1) is 15.0. The third-order valence-corrected chi connectivity index (χ3v) is 5.45. The fourth-order valence-electron chi connectivity index (χ4n) is 3.37. The molecule has 0 aliphatic carbocycles. The van der Waals surface area contributed by atoms with Crippen molar-refractivity contribution in [3.8, 4) is 28.5 Å². The predicted molar refractivity (Wildman–Crippen MR) is 116 cm³/mol. The standard InChI is InChI=1S/C23H12BrF2N3O2/c24-19-10-13(8-9-20(19)26)21-27-22(31-28-21)18-12-29(15-5-3-4-14(25)11-15)23(30)17-7-2-1-6-16(17)18/h1-12H. The molecule has 0 atom stereocenters. The average molecular weight is 480 g/mol. The SMILES string of the molecule is O=c1c2ccccc2c(-c2nc(-c3ccc(F)c(Br)c3)no2)cn1-c1cccc(F)c1. The van der Waals surface area contributed by atoms with Gasteiger partial charge in [0, 0.05) is 22.5 Å². The molecule has 0 spiro atoms. The summed E-state index contributed by atoms with van der Waals surface area (Å²) in [4.78, 5) is 17.5. The van der Waals surface area contributed by atoms with Gasteiger partial charge >= 0.3 is 0 Å². The van der Waals surface area contributed by atoms with Crippen molar-refractivity contribution in [3.05, 3.63) is 99.4 Å². The number of fused-ring (bicyclic) bond motifs is 1. The molecule has 0 radical (unpaired) electrons. The molecule has 0 saturated carbocycles. The van der Waals surface area contributed by atoms with E-state index in [1.165, 1.54) is 28.8 Å². The van der Waals surface area contributed by atoms with E-state index in [2.05, 4.69) is 26.1 Å². The lowest BCUT2D eigenvalue weighted by atomic mass is 10.1. The Morgan fingerprint density at radius 3 is 2.52 bits per heavy atom. The smallest absolute Gasteiger partial charge is 0.262 e. The summed E-state index contributed by atoms with van der Waals surface area (Å²) < 4.78 is 34.5. The summed E-state index contributed by atoms with van der Waals surface area (Å²) in [7, 11) is 0. The van der Waals surface area contributed by atoms with E-state index in [9.17, 15) is 13.6 Å². The van der Waals surface area contributed by atoms with E-state index in [1.54, 1.807) is 48.7 Å². The van der Waals surface area contributed by atoms with Gasteiger partial charge in [-0.25, -0.2) is 8.78 Å². The van der Waals surface area contributed by atoms with Gasteiger partial charge in [0.25, 0.3) is 11.4 Å². The van der Waals surface area contributed by atoms with E-state index in [1.807, 2.05) is 0 Å². The lowest BCUT2D eigenvalue weighted by molar-refractivity contribution is 0.432. The van der Waals surface area contributed by atoms with Crippen LogP contribution < -0.4 is 5.56 Å². The van der Waals surface area contributed by atoms with Crippen molar-refractivity contribution in [1.82, 2.24) is 14.7 Å². The fourth-order valence-corrected chi connectivity index (χ4v) is 3.74. The highest BCUT2D eigenvalue weighted by Gasteiger charge is 2.18. The Labute approximate surface area is 182 Å². The molecule has 8 heteroatoms. The van der Waals surface area contributed by atoms with Crippen LogP contribution in [-0.2, 0) is 0 Å². The predicted octanol–water partition coefficient (Wildman–Crippen LogP) is 5.75. The Morgan fingerprint density at radius 2 is 1.74 bits per heavy atom. The second-order valence-electron chi connectivity index (χ2n) is 6.80. The molecule has 0 aliphatic rings. The first-order valence-corrected chi connectivity index (χ1v) is 10.0. The van der Waals surface area contributed by atoms with Crippen LogP contribution >= 0.6 is 15.9 Å². The van der Waals surface area contributed by atoms with E-state index in [0.717, 1.165) is 0 Å². The largest absolute Gasteiger partial charge is 0.334 e. The Hall–Kier alpha value is -3.65. The highest BCUT2D eigenvalue weighted by molar-refractivity contribution is 9.10. The van der Waals surface area contributed by atoms with Gasteiger partial charge in [-0.1, -0.05) is 29.4 Å². The van der Waals surface area contributed by atoms with Crippen LogP contribution in [0.1, 0.15) is 0 Å². The monoisotopic (exact) mass is 479 g/mol. The summed E-state index contributed by atoms with van der Waals surface area (Å²) in [5.41, 5.74) is 1.15. The highest BCUT2D eigenvalue weighted by atomic mass is 79.9. The summed E-state index contributed by atoms with van der Waals surface area (Å²) in [6.45, 7) is 0. The first kappa shape index (κ1) is 19.3. The number of pyridine rings is 1. The van der Waals surface area contributed by atoms with Gasteiger partial charge in [-0.15, -0.1) is 0 Å². The van der Waals surface area contributed by atoms with Crippen molar-refractivity contribution in [2.24, 2.45) is 0 Å². The van der Waals surface area contributed by atoms with Crippen LogP contribution in [0.15, 0.2) is 86.7 Å². The Bertz CT molecular complexity index is 1510. The third-order valence-electron chi connectivity index (χ3n) is 4.85. The fraction of sp³-hybridized carbons (Fsp3) is 0. The molecule has 0 aliphatic heterocycles. The quantitative estimate of drug-likeness (QED) is 0.330. The number of halogens is 3. The van der Waals surface area contributed by atoms with Gasteiger partial charge < -0.3 is 4.52 Å². The summed E-state index contributed by atoms with van der Waals surface area (Å²) >= 11 is 3.15. The molecule has 3 aromatic carbocycles. The van der Waals surface area contributed by atoms with Crippen LogP contribution in [0.3, 0.4) is 0 Å². The lowest BCUT2D eigenvalue weighted by Gasteiger charge is -2.10. The maximum absolute atomic E-state index is 13.8. The molecule has 2 heterocycles. The molecule has 5 nitrogen and oxygen atoms in total. The maximum atomic E-state index is 13.8. The van der Waals surface area contributed by atoms with E-state index < -0.39 is 11.6 Å². The van der Waals surface area contributed by atoms with Gasteiger partial charge in [0.05, 0.1) is 15.7 Å². The van der Waals surface area contributed by atoms with Crippen LogP contribution in [0.4, 0.5) is 8.78 Å². The van der Waals surface area contributed by atoms with E-state index in [4.69, 9.17) is 4.52 Å². The number of aromatic nitrogens is 3. The number of nitrogens with zero attached hydrogens (tertiary/aromatic N) is 3. The van der Waals surface area contributed by atoms with Crippen molar-refractivity contribution in [1.29, 1.82) is 0 Å². The number of hydrogen-bond donors (Lipinski definition) is 0. The number of benzene rings is 3. The second kappa shape index (κ2) is 7.55. The van der Waals surface area contributed by atoms with Gasteiger partial charge in [0.15, 0.2) is 0 Å². The van der Waals surface area contributed by atoms with Crippen LogP contribution in [0.5, 0.6) is 0 Å². The minimum absolute atomic E-state index is 0.178. The maximum Gasteiger partial charge on any atom is 0.262 e.